The summed E-state index contributed by atoms with van der Waals surface area (Å²) in [4.78, 5) is 17.8. The molecule has 1 amide bonds. The molecule has 4 nitrogen and oxygen atoms in total. The highest BCUT2D eigenvalue weighted by Gasteiger charge is 2.56. The normalized spacial score (nSPS) is 32.9. The van der Waals surface area contributed by atoms with Crippen molar-refractivity contribution in [2.24, 2.45) is 11.7 Å². The van der Waals surface area contributed by atoms with Gasteiger partial charge in [0.15, 0.2) is 0 Å². The Morgan fingerprint density at radius 1 is 1.35 bits per heavy atom. The Morgan fingerprint density at radius 3 is 2.70 bits per heavy atom. The van der Waals surface area contributed by atoms with E-state index in [-0.39, 0.29) is 23.3 Å². The van der Waals surface area contributed by atoms with Crippen molar-refractivity contribution in [2.75, 3.05) is 6.54 Å². The van der Waals surface area contributed by atoms with Crippen LogP contribution in [0.5, 0.6) is 0 Å². The van der Waals surface area contributed by atoms with E-state index in [0.29, 0.717) is 6.54 Å². The maximum absolute atomic E-state index is 12.0. The molecule has 0 bridgehead atoms. The number of benzene rings is 1. The molecule has 2 fully saturated rings. The van der Waals surface area contributed by atoms with Crippen LogP contribution in [-0.4, -0.2) is 18.6 Å². The van der Waals surface area contributed by atoms with Crippen molar-refractivity contribution < 1.29 is 9.63 Å². The van der Waals surface area contributed by atoms with Gasteiger partial charge in [0, 0.05) is 6.54 Å². The van der Waals surface area contributed by atoms with E-state index in [1.54, 1.807) is 0 Å². The van der Waals surface area contributed by atoms with Crippen molar-refractivity contribution in [1.82, 2.24) is 5.48 Å². The van der Waals surface area contributed by atoms with E-state index in [0.717, 1.165) is 19.3 Å². The third-order valence-electron chi connectivity index (χ3n) is 5.04. The second-order valence-electron chi connectivity index (χ2n) is 6.12. The third kappa shape index (κ3) is 1.79. The first-order valence-electron chi connectivity index (χ1n) is 7.32. The van der Waals surface area contributed by atoms with Gasteiger partial charge in [-0.25, -0.2) is 5.48 Å². The highest BCUT2D eigenvalue weighted by atomic mass is 16.7. The van der Waals surface area contributed by atoms with Gasteiger partial charge in [0.05, 0.1) is 17.4 Å². The van der Waals surface area contributed by atoms with Gasteiger partial charge < -0.3 is 5.73 Å². The zero-order valence-corrected chi connectivity index (χ0v) is 12.1. The minimum absolute atomic E-state index is 0.0357. The Balaban J connectivity index is 2.21. The molecule has 2 aliphatic rings. The average Bonchev–Trinajstić information content (AvgIpc) is 2.82. The van der Waals surface area contributed by atoms with Crippen molar-refractivity contribution in [2.45, 2.75) is 44.6 Å². The van der Waals surface area contributed by atoms with Crippen molar-refractivity contribution in [3.8, 4) is 0 Å². The molecule has 1 aliphatic heterocycles. The summed E-state index contributed by atoms with van der Waals surface area (Å²) in [5.74, 6) is -0.360. The van der Waals surface area contributed by atoms with Crippen LogP contribution in [0.2, 0.25) is 0 Å². The lowest BCUT2D eigenvalue weighted by atomic mass is 9.59. The molecule has 1 heterocycles. The maximum Gasteiger partial charge on any atom is 0.221 e. The van der Waals surface area contributed by atoms with Crippen molar-refractivity contribution >= 4 is 5.91 Å². The van der Waals surface area contributed by atoms with Gasteiger partial charge in [0.25, 0.3) is 0 Å². The van der Waals surface area contributed by atoms with Crippen molar-refractivity contribution in [3.63, 3.8) is 0 Å². The lowest BCUT2D eigenvalue weighted by Gasteiger charge is -2.44. The Hall–Kier alpha value is -1.39. The van der Waals surface area contributed by atoms with Crippen LogP contribution >= 0.6 is 0 Å². The highest BCUT2D eigenvalue weighted by Crippen LogP contribution is 2.49. The number of nitrogens with two attached hydrogens (primary N) is 1. The number of primary amides is 1. The van der Waals surface area contributed by atoms with Gasteiger partial charge in [-0.15, -0.1) is 0 Å². The highest BCUT2D eigenvalue weighted by molar-refractivity contribution is 5.79. The fraction of sp³-hybridized carbons (Fsp3) is 0.562. The molecular formula is C16H22N2O2. The summed E-state index contributed by atoms with van der Waals surface area (Å²) < 4.78 is 0. The minimum Gasteiger partial charge on any atom is -0.369 e. The number of hydrogen-bond acceptors (Lipinski definition) is 3. The predicted molar refractivity (Wildman–Crippen MR) is 77.0 cm³/mol. The van der Waals surface area contributed by atoms with Gasteiger partial charge >= 0.3 is 0 Å². The van der Waals surface area contributed by atoms with E-state index in [1.165, 1.54) is 16.7 Å². The number of carbonyl (C=O) groups excluding carboxylic acids is 1. The molecule has 1 saturated heterocycles. The van der Waals surface area contributed by atoms with Crippen LogP contribution in [0.15, 0.2) is 18.2 Å². The zero-order valence-electron chi connectivity index (χ0n) is 12.1. The first-order chi connectivity index (χ1) is 9.57. The van der Waals surface area contributed by atoms with Gasteiger partial charge in [0.2, 0.25) is 5.91 Å². The molecular weight excluding hydrogens is 252 g/mol. The van der Waals surface area contributed by atoms with E-state index in [2.05, 4.69) is 37.5 Å². The first-order valence-corrected chi connectivity index (χ1v) is 7.32. The van der Waals surface area contributed by atoms with E-state index in [4.69, 9.17) is 10.6 Å². The van der Waals surface area contributed by atoms with Crippen LogP contribution in [0, 0.1) is 19.8 Å². The summed E-state index contributed by atoms with van der Waals surface area (Å²) in [5, 5.41) is 0. The number of fused-ring (bicyclic) bond motifs is 1. The Bertz CT molecular complexity index is 523. The average molecular weight is 274 g/mol. The fourth-order valence-corrected chi connectivity index (χ4v) is 4.28. The molecule has 3 unspecified atom stereocenters. The predicted octanol–water partition coefficient (Wildman–Crippen LogP) is 1.73. The van der Waals surface area contributed by atoms with Crippen LogP contribution in [0.3, 0.4) is 0 Å². The largest absolute Gasteiger partial charge is 0.369 e. The number of hydroxylamine groups is 1. The molecule has 0 radical (unpaired) electrons. The number of carbonyl (C=O) groups is 1. The standard InChI is InChI=1S/C16H22N2O2/c1-10-5-3-6-11(2)14(10)16-9-18-20-13(16)8-4-7-12(16)15(17)19/h3,5-6,12-13,18H,4,7-9H2,1-2H3,(H2,17,19). The molecule has 3 N–H and O–H groups in total. The topological polar surface area (TPSA) is 64.3 Å². The smallest absolute Gasteiger partial charge is 0.221 e. The number of hydrogen-bond donors (Lipinski definition) is 2. The third-order valence-corrected chi connectivity index (χ3v) is 5.04. The molecule has 20 heavy (non-hydrogen) atoms. The van der Waals surface area contributed by atoms with Gasteiger partial charge in [-0.3, -0.25) is 9.63 Å². The first kappa shape index (κ1) is 13.6. The summed E-state index contributed by atoms with van der Waals surface area (Å²) in [6.07, 6.45) is 2.86. The molecule has 0 aromatic heterocycles. The molecule has 1 saturated carbocycles. The number of rotatable bonds is 2. The minimum atomic E-state index is -0.306. The summed E-state index contributed by atoms with van der Waals surface area (Å²) in [5.41, 5.74) is 12.1. The molecule has 1 aromatic carbocycles. The quantitative estimate of drug-likeness (QED) is 0.863. The van der Waals surface area contributed by atoms with E-state index in [1.807, 2.05) is 0 Å². The molecule has 4 heteroatoms. The lowest BCUT2D eigenvalue weighted by molar-refractivity contribution is -0.127. The Kier molecular flexibility index (Phi) is 3.30. The number of nitrogens with one attached hydrogen (secondary N) is 1. The molecule has 3 atom stereocenters. The SMILES string of the molecule is Cc1cccc(C)c1C12CNOC1CCCC2C(N)=O. The summed E-state index contributed by atoms with van der Waals surface area (Å²) >= 11 is 0. The van der Waals surface area contributed by atoms with Crippen LogP contribution in [0.4, 0.5) is 0 Å². The van der Waals surface area contributed by atoms with Gasteiger partial charge in [-0.05, 0) is 49.8 Å². The van der Waals surface area contributed by atoms with Gasteiger partial charge in [0.1, 0.15) is 0 Å². The van der Waals surface area contributed by atoms with Gasteiger partial charge in [-0.1, -0.05) is 18.2 Å². The van der Waals surface area contributed by atoms with Crippen molar-refractivity contribution in [3.05, 3.63) is 34.9 Å². The Morgan fingerprint density at radius 2 is 2.05 bits per heavy atom. The molecule has 1 aromatic rings. The van der Waals surface area contributed by atoms with Crippen LogP contribution in [-0.2, 0) is 15.0 Å². The molecule has 3 rings (SSSR count). The van der Waals surface area contributed by atoms with E-state index >= 15 is 0 Å². The second-order valence-corrected chi connectivity index (χ2v) is 6.12. The van der Waals surface area contributed by atoms with Crippen LogP contribution in [0.1, 0.15) is 36.0 Å². The summed E-state index contributed by atoms with van der Waals surface area (Å²) in [6, 6.07) is 6.28. The Labute approximate surface area is 119 Å². The molecule has 108 valence electrons. The molecule has 0 spiro atoms. The molecule has 1 aliphatic carbocycles. The fourth-order valence-electron chi connectivity index (χ4n) is 4.28. The lowest BCUT2D eigenvalue weighted by Crippen LogP contribution is -2.53. The summed E-state index contributed by atoms with van der Waals surface area (Å²) in [6.45, 7) is 4.88. The van der Waals surface area contributed by atoms with Crippen molar-refractivity contribution in [1.29, 1.82) is 0 Å². The monoisotopic (exact) mass is 274 g/mol. The number of amides is 1. The zero-order chi connectivity index (χ0) is 14.3. The van der Waals surface area contributed by atoms with Gasteiger partial charge in [-0.2, -0.15) is 0 Å². The summed E-state index contributed by atoms with van der Waals surface area (Å²) in [7, 11) is 0. The number of aryl methyl sites for hydroxylation is 2. The van der Waals surface area contributed by atoms with Crippen LogP contribution in [0.25, 0.3) is 0 Å². The maximum atomic E-state index is 12.0. The second kappa shape index (κ2) is 4.86. The van der Waals surface area contributed by atoms with E-state index in [9.17, 15) is 4.79 Å². The van der Waals surface area contributed by atoms with E-state index < -0.39 is 0 Å². The van der Waals surface area contributed by atoms with Crippen LogP contribution < -0.4 is 11.2 Å².